The van der Waals surface area contributed by atoms with Crippen LogP contribution in [0.15, 0.2) is 10.9 Å². The monoisotopic (exact) mass is 198 g/mol. The fourth-order valence-electron chi connectivity index (χ4n) is 1.52. The third-order valence-corrected chi connectivity index (χ3v) is 2.99. The van der Waals surface area contributed by atoms with Crippen molar-refractivity contribution >= 4 is 11.3 Å². The van der Waals surface area contributed by atoms with Gasteiger partial charge in [-0.05, 0) is 6.92 Å². The normalized spacial score (nSPS) is 24.8. The molecule has 1 aromatic heterocycles. The standard InChI is InChI=1S/C9H14N2OS/c1-8-5-12-3-2-11(8)4-9-6-13-7-10-9/h6-8H,2-5H2,1H3. The lowest BCUT2D eigenvalue weighted by molar-refractivity contribution is -0.00483. The molecule has 2 heterocycles. The minimum atomic E-state index is 0.524. The summed E-state index contributed by atoms with van der Waals surface area (Å²) in [5.41, 5.74) is 3.07. The predicted molar refractivity (Wildman–Crippen MR) is 52.8 cm³/mol. The Labute approximate surface area is 82.3 Å². The van der Waals surface area contributed by atoms with Crippen molar-refractivity contribution in [2.75, 3.05) is 19.8 Å². The average molecular weight is 198 g/mol. The first-order valence-corrected chi connectivity index (χ1v) is 5.49. The number of rotatable bonds is 2. The molecule has 3 nitrogen and oxygen atoms in total. The maximum Gasteiger partial charge on any atom is 0.0795 e. The number of hydrogen-bond donors (Lipinski definition) is 0. The molecule has 0 N–H and O–H groups in total. The summed E-state index contributed by atoms with van der Waals surface area (Å²) in [4.78, 5) is 6.70. The van der Waals surface area contributed by atoms with Crippen LogP contribution in [0.1, 0.15) is 12.6 Å². The molecule has 0 saturated carbocycles. The molecule has 72 valence electrons. The van der Waals surface area contributed by atoms with Crippen molar-refractivity contribution < 1.29 is 4.74 Å². The first kappa shape index (κ1) is 9.12. The number of aromatic nitrogens is 1. The molecule has 2 rings (SSSR count). The lowest BCUT2D eigenvalue weighted by atomic mass is 10.2. The highest BCUT2D eigenvalue weighted by atomic mass is 32.1. The highest BCUT2D eigenvalue weighted by Crippen LogP contribution is 2.11. The van der Waals surface area contributed by atoms with E-state index in [1.165, 1.54) is 5.69 Å². The van der Waals surface area contributed by atoms with E-state index in [-0.39, 0.29) is 0 Å². The van der Waals surface area contributed by atoms with Gasteiger partial charge in [0.1, 0.15) is 0 Å². The Morgan fingerprint density at radius 3 is 3.38 bits per heavy atom. The van der Waals surface area contributed by atoms with Crippen LogP contribution in [0.3, 0.4) is 0 Å². The van der Waals surface area contributed by atoms with E-state index in [4.69, 9.17) is 4.74 Å². The molecule has 0 radical (unpaired) electrons. The van der Waals surface area contributed by atoms with Crippen LogP contribution < -0.4 is 0 Å². The highest BCUT2D eigenvalue weighted by molar-refractivity contribution is 7.07. The van der Waals surface area contributed by atoms with Gasteiger partial charge in [0.25, 0.3) is 0 Å². The molecule has 1 aliphatic heterocycles. The van der Waals surface area contributed by atoms with Gasteiger partial charge in [-0.3, -0.25) is 4.90 Å². The van der Waals surface area contributed by atoms with Gasteiger partial charge >= 0.3 is 0 Å². The number of nitrogens with zero attached hydrogens (tertiary/aromatic N) is 2. The Kier molecular flexibility index (Phi) is 2.93. The van der Waals surface area contributed by atoms with Crippen LogP contribution in [0.2, 0.25) is 0 Å². The zero-order valence-electron chi connectivity index (χ0n) is 7.77. The van der Waals surface area contributed by atoms with Gasteiger partial charge in [0.2, 0.25) is 0 Å². The Bertz CT molecular complexity index is 250. The predicted octanol–water partition coefficient (Wildman–Crippen LogP) is 1.36. The van der Waals surface area contributed by atoms with Gasteiger partial charge in [0.05, 0.1) is 24.4 Å². The molecular weight excluding hydrogens is 184 g/mol. The summed E-state index contributed by atoms with van der Waals surface area (Å²) in [6.45, 7) is 5.90. The van der Waals surface area contributed by atoms with E-state index in [9.17, 15) is 0 Å². The molecule has 1 fully saturated rings. The molecular formula is C9H14N2OS. The smallest absolute Gasteiger partial charge is 0.0795 e. The summed E-state index contributed by atoms with van der Waals surface area (Å²) in [7, 11) is 0. The first-order valence-electron chi connectivity index (χ1n) is 4.55. The Balaban J connectivity index is 1.93. The van der Waals surface area contributed by atoms with Crippen molar-refractivity contribution in [2.24, 2.45) is 0 Å². The second-order valence-corrected chi connectivity index (χ2v) is 4.09. The molecule has 1 aliphatic rings. The van der Waals surface area contributed by atoms with Gasteiger partial charge in [-0.1, -0.05) is 0 Å². The summed E-state index contributed by atoms with van der Waals surface area (Å²) in [5.74, 6) is 0. The molecule has 0 aliphatic carbocycles. The largest absolute Gasteiger partial charge is 0.379 e. The molecule has 1 aromatic rings. The first-order chi connectivity index (χ1) is 6.36. The molecule has 0 amide bonds. The van der Waals surface area contributed by atoms with E-state index >= 15 is 0 Å². The SMILES string of the molecule is CC1COCCN1Cc1cscn1. The van der Waals surface area contributed by atoms with E-state index < -0.39 is 0 Å². The van der Waals surface area contributed by atoms with Gasteiger partial charge < -0.3 is 4.74 Å². The van der Waals surface area contributed by atoms with Gasteiger partial charge in [-0.15, -0.1) is 11.3 Å². The summed E-state index contributed by atoms with van der Waals surface area (Å²) in [6, 6.07) is 0.524. The lowest BCUT2D eigenvalue weighted by Crippen LogP contribution is -2.42. The number of morpholine rings is 1. The number of hydrogen-bond acceptors (Lipinski definition) is 4. The summed E-state index contributed by atoms with van der Waals surface area (Å²) < 4.78 is 5.37. The van der Waals surface area contributed by atoms with Gasteiger partial charge in [-0.2, -0.15) is 0 Å². The van der Waals surface area contributed by atoms with Crippen molar-refractivity contribution in [3.63, 3.8) is 0 Å². The summed E-state index contributed by atoms with van der Waals surface area (Å²) in [5, 5.41) is 2.11. The molecule has 1 unspecified atom stereocenters. The van der Waals surface area contributed by atoms with E-state index in [1.807, 2.05) is 5.51 Å². The van der Waals surface area contributed by atoms with E-state index in [0.29, 0.717) is 6.04 Å². The second-order valence-electron chi connectivity index (χ2n) is 3.37. The molecule has 0 bridgehead atoms. The minimum Gasteiger partial charge on any atom is -0.379 e. The van der Waals surface area contributed by atoms with Crippen molar-refractivity contribution in [3.8, 4) is 0 Å². The molecule has 13 heavy (non-hydrogen) atoms. The molecule has 1 atom stereocenters. The van der Waals surface area contributed by atoms with Crippen molar-refractivity contribution in [1.29, 1.82) is 0 Å². The van der Waals surface area contributed by atoms with Gasteiger partial charge in [0.15, 0.2) is 0 Å². The second kappa shape index (κ2) is 4.17. The molecule has 0 spiro atoms. The third-order valence-electron chi connectivity index (χ3n) is 2.35. The fourth-order valence-corrected chi connectivity index (χ4v) is 2.07. The third kappa shape index (κ3) is 2.27. The number of thiazole rings is 1. The van der Waals surface area contributed by atoms with Crippen LogP contribution in [0, 0.1) is 0 Å². The van der Waals surface area contributed by atoms with Gasteiger partial charge in [0, 0.05) is 24.5 Å². The van der Waals surface area contributed by atoms with Crippen LogP contribution in [0.4, 0.5) is 0 Å². The maximum atomic E-state index is 5.37. The van der Waals surface area contributed by atoms with Crippen molar-refractivity contribution in [2.45, 2.75) is 19.5 Å². The van der Waals surface area contributed by atoms with E-state index in [1.54, 1.807) is 11.3 Å². The zero-order valence-corrected chi connectivity index (χ0v) is 8.59. The van der Waals surface area contributed by atoms with Crippen LogP contribution in [-0.4, -0.2) is 35.7 Å². The van der Waals surface area contributed by atoms with Crippen LogP contribution in [0.5, 0.6) is 0 Å². The highest BCUT2D eigenvalue weighted by Gasteiger charge is 2.18. The molecule has 1 saturated heterocycles. The Morgan fingerprint density at radius 1 is 1.77 bits per heavy atom. The van der Waals surface area contributed by atoms with E-state index in [0.717, 1.165) is 26.3 Å². The average Bonchev–Trinajstić information content (AvgIpc) is 2.61. The quantitative estimate of drug-likeness (QED) is 0.717. The van der Waals surface area contributed by atoms with Crippen molar-refractivity contribution in [3.05, 3.63) is 16.6 Å². The van der Waals surface area contributed by atoms with Gasteiger partial charge in [-0.25, -0.2) is 4.98 Å². The topological polar surface area (TPSA) is 25.4 Å². The van der Waals surface area contributed by atoms with Crippen molar-refractivity contribution in [1.82, 2.24) is 9.88 Å². The lowest BCUT2D eigenvalue weighted by Gasteiger charge is -2.32. The molecule has 0 aromatic carbocycles. The zero-order chi connectivity index (χ0) is 9.10. The Morgan fingerprint density at radius 2 is 2.69 bits per heavy atom. The summed E-state index contributed by atoms with van der Waals surface area (Å²) >= 11 is 1.66. The Hall–Kier alpha value is -0.450. The van der Waals surface area contributed by atoms with E-state index in [2.05, 4.69) is 22.2 Å². The van der Waals surface area contributed by atoms with Crippen LogP contribution in [0.25, 0.3) is 0 Å². The van der Waals surface area contributed by atoms with Crippen LogP contribution in [-0.2, 0) is 11.3 Å². The van der Waals surface area contributed by atoms with Crippen LogP contribution >= 0.6 is 11.3 Å². The molecule has 4 heteroatoms. The maximum absolute atomic E-state index is 5.37. The fraction of sp³-hybridized carbons (Fsp3) is 0.667. The minimum absolute atomic E-state index is 0.524. The number of ether oxygens (including phenoxy) is 1. The summed E-state index contributed by atoms with van der Waals surface area (Å²) in [6.07, 6.45) is 0.